The summed E-state index contributed by atoms with van der Waals surface area (Å²) in [5.74, 6) is 1.52. The summed E-state index contributed by atoms with van der Waals surface area (Å²) in [6.45, 7) is 16.3. The lowest BCUT2D eigenvalue weighted by Crippen LogP contribution is -2.34. The summed E-state index contributed by atoms with van der Waals surface area (Å²) in [7, 11) is 37.6. The highest BCUT2D eigenvalue weighted by Gasteiger charge is 2.10. The maximum absolute atomic E-state index is 5.18. The van der Waals surface area contributed by atoms with Crippen molar-refractivity contribution >= 4 is 17.1 Å². The summed E-state index contributed by atoms with van der Waals surface area (Å²) < 4.78 is 10.3. The molecule has 0 aliphatic carbocycles. The number of anilines is 3. The Bertz CT molecular complexity index is 1250. The molecule has 0 fully saturated rings. The van der Waals surface area contributed by atoms with E-state index in [9.17, 15) is 0 Å². The number of rotatable bonds is 7. The van der Waals surface area contributed by atoms with Crippen molar-refractivity contribution in [1.29, 1.82) is 0 Å². The summed E-state index contributed by atoms with van der Waals surface area (Å²) in [4.78, 5) is 14.7. The van der Waals surface area contributed by atoms with Gasteiger partial charge in [0.25, 0.3) is 0 Å². The molecule has 0 spiro atoms. The normalized spacial score (nSPS) is 9.81. The Morgan fingerprint density at radius 1 is 0.561 bits per heavy atom. The predicted molar refractivity (Wildman–Crippen MR) is 261 cm³/mol. The zero-order chi connectivity index (χ0) is 45.9. The van der Waals surface area contributed by atoms with Crippen molar-refractivity contribution in [2.45, 2.75) is 60.0 Å². The van der Waals surface area contributed by atoms with Gasteiger partial charge in [0, 0.05) is 77.0 Å². The van der Waals surface area contributed by atoms with Crippen LogP contribution < -0.4 is 29.5 Å². The minimum atomic E-state index is 0.333. The maximum Gasteiger partial charge on any atom is 0.162 e. The minimum Gasteiger partial charge on any atom is -0.493 e. The first kappa shape index (κ1) is 62.6. The lowest BCUT2D eigenvalue weighted by atomic mass is 10.1. The number of hydrogen-bond acceptors (Lipinski definition) is 10. The lowest BCUT2D eigenvalue weighted by Gasteiger charge is -2.27. The molecule has 0 amide bonds. The molecule has 0 saturated carbocycles. The number of aryl methyl sites for hydroxylation is 1. The Hall–Kier alpha value is -3.54. The molecule has 334 valence electrons. The van der Waals surface area contributed by atoms with Crippen LogP contribution >= 0.6 is 0 Å². The highest BCUT2D eigenvalue weighted by atomic mass is 16.5. The van der Waals surface area contributed by atoms with Gasteiger partial charge in [-0.15, -0.1) is 0 Å². The third-order valence-electron chi connectivity index (χ3n) is 7.71. The summed E-state index contributed by atoms with van der Waals surface area (Å²) in [5.41, 5.74) is 5.24. The second-order valence-corrected chi connectivity index (χ2v) is 16.3. The van der Waals surface area contributed by atoms with Gasteiger partial charge in [-0.3, -0.25) is 0 Å². The van der Waals surface area contributed by atoms with Gasteiger partial charge in [-0.25, -0.2) is 0 Å². The molecular weight excluding hydrogens is 709 g/mol. The first-order valence-electron chi connectivity index (χ1n) is 19.7. The molecule has 3 aromatic rings. The Labute approximate surface area is 355 Å². The quantitative estimate of drug-likeness (QED) is 0.252. The predicted octanol–water partition coefficient (Wildman–Crippen LogP) is 8.47. The van der Waals surface area contributed by atoms with Crippen LogP contribution in [0.2, 0.25) is 0 Å². The third-order valence-corrected chi connectivity index (χ3v) is 7.71. The molecule has 10 heteroatoms. The monoisotopic (exact) mass is 803 g/mol. The van der Waals surface area contributed by atoms with Crippen molar-refractivity contribution in [2.24, 2.45) is 0 Å². The van der Waals surface area contributed by atoms with Gasteiger partial charge in [0.1, 0.15) is 0 Å². The number of hydrogen-bond donors (Lipinski definition) is 1. The van der Waals surface area contributed by atoms with Crippen LogP contribution in [0.4, 0.5) is 17.1 Å². The van der Waals surface area contributed by atoms with Gasteiger partial charge in [0.2, 0.25) is 0 Å². The fourth-order valence-electron chi connectivity index (χ4n) is 2.67. The number of benzene rings is 3. The highest BCUT2D eigenvalue weighted by molar-refractivity contribution is 5.55. The fourth-order valence-corrected chi connectivity index (χ4v) is 2.67. The molecule has 0 unspecified atom stereocenters. The van der Waals surface area contributed by atoms with E-state index in [-0.39, 0.29) is 0 Å². The molecule has 0 atom stereocenters. The number of nitrogens with one attached hydrogen (secondary N) is 1. The molecule has 0 bridgehead atoms. The van der Waals surface area contributed by atoms with E-state index >= 15 is 0 Å². The van der Waals surface area contributed by atoms with E-state index in [0.717, 1.165) is 23.7 Å². The lowest BCUT2D eigenvalue weighted by molar-refractivity contribution is 0.219. The van der Waals surface area contributed by atoms with E-state index in [1.165, 1.54) is 16.9 Å². The van der Waals surface area contributed by atoms with Crippen LogP contribution in [0.3, 0.4) is 0 Å². The van der Waals surface area contributed by atoms with E-state index in [0.29, 0.717) is 11.6 Å². The van der Waals surface area contributed by atoms with Crippen molar-refractivity contribution < 1.29 is 9.47 Å². The van der Waals surface area contributed by atoms with Crippen molar-refractivity contribution in [1.82, 2.24) is 24.9 Å². The van der Waals surface area contributed by atoms with Gasteiger partial charge >= 0.3 is 0 Å². The molecule has 0 heterocycles. The largest absolute Gasteiger partial charge is 0.493 e. The van der Waals surface area contributed by atoms with Crippen molar-refractivity contribution in [3.05, 3.63) is 78.4 Å². The van der Waals surface area contributed by atoms with E-state index in [1.807, 2.05) is 124 Å². The SMILES string of the molecule is CC(C)N(C)C.CCN(C)C.CN(C)C.CN(C)C(C)(C)C.CN(C)c1ccccc1.CNC.COc1ccc(N(C)C)cc1OC.Cc1ccc(N(C)C)cc1. The topological polar surface area (TPSA) is 53.2 Å². The maximum atomic E-state index is 5.18. The van der Waals surface area contributed by atoms with Crippen LogP contribution in [-0.2, 0) is 0 Å². The van der Waals surface area contributed by atoms with E-state index in [4.69, 9.17) is 9.47 Å². The molecule has 0 aliphatic rings. The van der Waals surface area contributed by atoms with Crippen molar-refractivity contribution in [3.8, 4) is 11.5 Å². The average molecular weight is 803 g/mol. The summed E-state index contributed by atoms with van der Waals surface area (Å²) >= 11 is 0. The van der Waals surface area contributed by atoms with Crippen molar-refractivity contribution in [2.75, 3.05) is 155 Å². The second kappa shape index (κ2) is 38.0. The van der Waals surface area contributed by atoms with Crippen LogP contribution in [0.15, 0.2) is 72.8 Å². The van der Waals surface area contributed by atoms with Crippen LogP contribution in [-0.4, -0.2) is 172 Å². The van der Waals surface area contributed by atoms with Gasteiger partial charge in [0.15, 0.2) is 11.5 Å². The zero-order valence-electron chi connectivity index (χ0n) is 42.2. The van der Waals surface area contributed by atoms with Crippen LogP contribution in [0.1, 0.15) is 47.1 Å². The molecule has 0 aromatic heterocycles. The number of para-hydroxylation sites is 1. The second-order valence-electron chi connectivity index (χ2n) is 16.3. The van der Waals surface area contributed by atoms with E-state index in [1.54, 1.807) is 14.2 Å². The Balaban J connectivity index is -0.000000188. The molecule has 0 aliphatic heterocycles. The van der Waals surface area contributed by atoms with Crippen molar-refractivity contribution in [3.63, 3.8) is 0 Å². The minimum absolute atomic E-state index is 0.333. The molecule has 3 rings (SSSR count). The molecule has 10 nitrogen and oxygen atoms in total. The molecular formula is C47H94N8O2. The van der Waals surface area contributed by atoms with Crippen LogP contribution in [0.5, 0.6) is 11.5 Å². The van der Waals surface area contributed by atoms with E-state index in [2.05, 4.69) is 157 Å². The standard InChI is InChI=1S/C10H15NO2.C9H13N.C8H11N.C6H15N.C5H13N.C4H11N.C3H9N.C2H7N/c1-11(2)8-5-6-9(12-3)10(7-8)13-4;1-8-4-6-9(7-5-8)10(2)3;1-9(2)8-6-4-3-5-7-8;1-6(2,3)7(4)5;1-5(2)6(3)4;1-4-5(2)3;1-4(2)3;1-3-2/h5-7H,1-4H3;4-7H,1-3H3;3-7H,1-2H3;1-5H3;5H,1-4H3;4H2,1-3H3;1-3H3;3H,1-2H3. The van der Waals surface area contributed by atoms with E-state index < -0.39 is 0 Å². The molecule has 3 aromatic carbocycles. The van der Waals surface area contributed by atoms with Gasteiger partial charge < -0.3 is 49.1 Å². The fraction of sp³-hybridized carbons (Fsp3) is 0.617. The first-order valence-corrected chi connectivity index (χ1v) is 19.7. The number of methoxy groups -OCH3 is 2. The van der Waals surface area contributed by atoms with Gasteiger partial charge in [-0.05, 0) is 162 Å². The molecule has 57 heavy (non-hydrogen) atoms. The Kier molecular flexibility index (Phi) is 41.8. The molecule has 0 radical (unpaired) electrons. The number of ether oxygens (including phenoxy) is 2. The Morgan fingerprint density at radius 3 is 1.09 bits per heavy atom. The molecule has 1 N–H and O–H groups in total. The summed E-state index contributed by atoms with van der Waals surface area (Å²) in [6.07, 6.45) is 0. The average Bonchev–Trinajstić information content (AvgIpc) is 3.12. The zero-order valence-corrected chi connectivity index (χ0v) is 42.2. The van der Waals surface area contributed by atoms with Crippen LogP contribution in [0.25, 0.3) is 0 Å². The smallest absolute Gasteiger partial charge is 0.162 e. The highest BCUT2D eigenvalue weighted by Crippen LogP contribution is 2.30. The van der Waals surface area contributed by atoms with Gasteiger partial charge in [0.05, 0.1) is 14.2 Å². The molecule has 0 saturated heterocycles. The number of nitrogens with zero attached hydrogens (tertiary/aromatic N) is 7. The van der Waals surface area contributed by atoms with Gasteiger partial charge in [-0.2, -0.15) is 0 Å². The Morgan fingerprint density at radius 2 is 0.860 bits per heavy atom. The van der Waals surface area contributed by atoms with Crippen LogP contribution in [0, 0.1) is 6.92 Å². The third kappa shape index (κ3) is 43.4. The summed E-state index contributed by atoms with van der Waals surface area (Å²) in [6, 6.07) is 25.3. The summed E-state index contributed by atoms with van der Waals surface area (Å²) in [5, 5.41) is 2.75. The van der Waals surface area contributed by atoms with Gasteiger partial charge in [-0.1, -0.05) is 42.8 Å². The first-order chi connectivity index (χ1) is 26.2.